The van der Waals surface area contributed by atoms with Crippen molar-refractivity contribution in [2.45, 2.75) is 6.92 Å². The van der Waals surface area contributed by atoms with Gasteiger partial charge in [-0.1, -0.05) is 0 Å². The van der Waals surface area contributed by atoms with Crippen molar-refractivity contribution >= 4 is 27.9 Å². The summed E-state index contributed by atoms with van der Waals surface area (Å²) < 4.78 is 5.25. The van der Waals surface area contributed by atoms with Gasteiger partial charge in [-0.15, -0.1) is 11.3 Å². The van der Waals surface area contributed by atoms with Gasteiger partial charge in [-0.2, -0.15) is 5.10 Å². The quantitative estimate of drug-likeness (QED) is 0.431. The van der Waals surface area contributed by atoms with E-state index in [1.54, 1.807) is 24.5 Å². The molecule has 0 unspecified atom stereocenters. The second-order valence-electron chi connectivity index (χ2n) is 4.63. The molecule has 3 rings (SSSR count). The molecule has 2 heterocycles. The minimum Gasteiger partial charge on any atom is -0.463 e. The van der Waals surface area contributed by atoms with Crippen LogP contribution in [-0.4, -0.2) is 15.6 Å². The lowest BCUT2D eigenvalue weighted by atomic mass is 10.1. The molecule has 0 amide bonds. The normalized spacial score (nSPS) is 11.4. The van der Waals surface area contributed by atoms with Gasteiger partial charge in [-0.25, -0.2) is 4.98 Å². The number of aromatic nitrogens is 1. The summed E-state index contributed by atoms with van der Waals surface area (Å²) in [6.45, 7) is 1.83. The zero-order valence-electron chi connectivity index (χ0n) is 12.1. The molecule has 23 heavy (non-hydrogen) atoms. The van der Waals surface area contributed by atoms with E-state index in [2.05, 4.69) is 15.5 Å². The zero-order chi connectivity index (χ0) is 16.2. The summed E-state index contributed by atoms with van der Waals surface area (Å²) >= 11 is 1.40. The lowest BCUT2D eigenvalue weighted by molar-refractivity contribution is -0.384. The number of nitrogens with zero attached hydrogens (tertiary/aromatic N) is 3. The standard InChI is InChI=1S/C15H12N4O3S/c1-10(14-3-2-8-22-14)17-18-15-16-13(9-23-15)11-4-6-12(7-5-11)19(20)21/h2-9H,1H3,(H,16,18)/b17-10-. The molecule has 0 bridgehead atoms. The van der Waals surface area contributed by atoms with Gasteiger partial charge in [0.1, 0.15) is 11.5 Å². The highest BCUT2D eigenvalue weighted by molar-refractivity contribution is 7.14. The van der Waals surface area contributed by atoms with Crippen LogP contribution in [-0.2, 0) is 0 Å². The topological polar surface area (TPSA) is 93.6 Å². The molecule has 8 heteroatoms. The summed E-state index contributed by atoms with van der Waals surface area (Å²) in [5.74, 6) is 0.685. The van der Waals surface area contributed by atoms with Crippen LogP contribution in [0, 0.1) is 10.1 Å². The minimum absolute atomic E-state index is 0.0565. The van der Waals surface area contributed by atoms with Crippen LogP contribution < -0.4 is 5.43 Å². The maximum atomic E-state index is 10.7. The van der Waals surface area contributed by atoms with Crippen LogP contribution in [0.1, 0.15) is 12.7 Å². The molecule has 1 aromatic carbocycles. The second-order valence-corrected chi connectivity index (χ2v) is 5.49. The molecule has 0 aliphatic heterocycles. The Hall–Kier alpha value is -3.00. The van der Waals surface area contributed by atoms with Crippen molar-refractivity contribution in [3.8, 4) is 11.3 Å². The molecule has 0 saturated carbocycles. The fourth-order valence-electron chi connectivity index (χ4n) is 1.88. The first kappa shape index (κ1) is 14.9. The number of nitro groups is 1. The third-order valence-electron chi connectivity index (χ3n) is 3.08. The summed E-state index contributed by atoms with van der Waals surface area (Å²) in [5.41, 5.74) is 5.19. The maximum absolute atomic E-state index is 10.7. The van der Waals surface area contributed by atoms with Gasteiger partial charge in [0, 0.05) is 23.1 Å². The van der Waals surface area contributed by atoms with Crippen LogP contribution in [0.15, 0.2) is 57.6 Å². The van der Waals surface area contributed by atoms with Gasteiger partial charge < -0.3 is 4.42 Å². The molecular formula is C15H12N4O3S. The van der Waals surface area contributed by atoms with E-state index in [-0.39, 0.29) is 5.69 Å². The first-order valence-corrected chi connectivity index (χ1v) is 7.56. The third-order valence-corrected chi connectivity index (χ3v) is 3.82. The lowest BCUT2D eigenvalue weighted by Gasteiger charge is -1.98. The number of non-ortho nitro benzene ring substituents is 1. The van der Waals surface area contributed by atoms with Crippen molar-refractivity contribution < 1.29 is 9.34 Å². The predicted octanol–water partition coefficient (Wildman–Crippen LogP) is 4.15. The van der Waals surface area contributed by atoms with Gasteiger partial charge >= 0.3 is 0 Å². The lowest BCUT2D eigenvalue weighted by Crippen LogP contribution is -1.97. The largest absolute Gasteiger partial charge is 0.463 e. The summed E-state index contributed by atoms with van der Waals surface area (Å²) in [5, 5.41) is 17.4. The van der Waals surface area contributed by atoms with Crippen molar-refractivity contribution in [2.24, 2.45) is 5.10 Å². The molecule has 0 fully saturated rings. The van der Waals surface area contributed by atoms with Crippen molar-refractivity contribution in [1.29, 1.82) is 0 Å². The van der Waals surface area contributed by atoms with Crippen molar-refractivity contribution in [3.63, 3.8) is 0 Å². The molecule has 7 nitrogen and oxygen atoms in total. The molecule has 0 radical (unpaired) electrons. The summed E-state index contributed by atoms with van der Waals surface area (Å²) in [7, 11) is 0. The first-order chi connectivity index (χ1) is 11.1. The predicted molar refractivity (Wildman–Crippen MR) is 88.7 cm³/mol. The number of rotatable bonds is 5. The van der Waals surface area contributed by atoms with Crippen molar-refractivity contribution in [3.05, 3.63) is 63.9 Å². The number of anilines is 1. The van der Waals surface area contributed by atoms with Crippen molar-refractivity contribution in [1.82, 2.24) is 4.98 Å². The third kappa shape index (κ3) is 3.43. The fourth-order valence-corrected chi connectivity index (χ4v) is 2.54. The molecule has 0 aliphatic carbocycles. The number of furan rings is 1. The molecule has 2 aromatic heterocycles. The van der Waals surface area contributed by atoms with E-state index >= 15 is 0 Å². The number of nitro benzene ring substituents is 1. The smallest absolute Gasteiger partial charge is 0.269 e. The van der Waals surface area contributed by atoms with E-state index in [0.717, 1.165) is 11.3 Å². The van der Waals surface area contributed by atoms with Crippen molar-refractivity contribution in [2.75, 3.05) is 5.43 Å². The maximum Gasteiger partial charge on any atom is 0.269 e. The van der Waals surface area contributed by atoms with Gasteiger partial charge in [0.05, 0.1) is 16.9 Å². The van der Waals surface area contributed by atoms with Gasteiger partial charge in [0.2, 0.25) is 5.13 Å². The Kier molecular flexibility index (Phi) is 4.15. The van der Waals surface area contributed by atoms with Crippen LogP contribution in [0.5, 0.6) is 0 Å². The van der Waals surface area contributed by atoms with E-state index in [4.69, 9.17) is 4.42 Å². The molecular weight excluding hydrogens is 316 g/mol. The van der Waals surface area contributed by atoms with Crippen LogP contribution in [0.4, 0.5) is 10.8 Å². The molecule has 0 saturated heterocycles. The SMILES string of the molecule is C/C(=N/Nc1nc(-c2ccc([N+](=O)[O-])cc2)cs1)c1ccco1. The Morgan fingerprint density at radius 2 is 2.13 bits per heavy atom. The van der Waals surface area contributed by atoms with Gasteiger partial charge in [0.25, 0.3) is 5.69 Å². The average Bonchev–Trinajstić information content (AvgIpc) is 3.24. The van der Waals surface area contributed by atoms with Crippen LogP contribution in [0.25, 0.3) is 11.3 Å². The molecule has 0 aliphatic rings. The highest BCUT2D eigenvalue weighted by Gasteiger charge is 2.08. The highest BCUT2D eigenvalue weighted by Crippen LogP contribution is 2.26. The van der Waals surface area contributed by atoms with E-state index in [0.29, 0.717) is 16.6 Å². The van der Waals surface area contributed by atoms with E-state index in [1.165, 1.54) is 23.5 Å². The molecule has 3 aromatic rings. The van der Waals surface area contributed by atoms with Crippen LogP contribution in [0.3, 0.4) is 0 Å². The molecule has 0 atom stereocenters. The second kappa shape index (κ2) is 6.41. The summed E-state index contributed by atoms with van der Waals surface area (Å²) in [6, 6.07) is 9.89. The fraction of sp³-hybridized carbons (Fsp3) is 0.0667. The molecule has 0 spiro atoms. The highest BCUT2D eigenvalue weighted by atomic mass is 32.1. The number of hydrogen-bond donors (Lipinski definition) is 1. The van der Waals surface area contributed by atoms with Gasteiger partial charge in [-0.05, 0) is 31.2 Å². The summed E-state index contributed by atoms with van der Waals surface area (Å²) in [6.07, 6.45) is 1.59. The Bertz CT molecular complexity index is 838. The monoisotopic (exact) mass is 328 g/mol. The van der Waals surface area contributed by atoms with E-state index in [9.17, 15) is 10.1 Å². The number of nitrogens with one attached hydrogen (secondary N) is 1. The van der Waals surface area contributed by atoms with E-state index < -0.39 is 4.92 Å². The number of hydrazone groups is 1. The Labute approximate surface area is 135 Å². The van der Waals surface area contributed by atoms with Crippen LogP contribution >= 0.6 is 11.3 Å². The first-order valence-electron chi connectivity index (χ1n) is 6.68. The van der Waals surface area contributed by atoms with Crippen LogP contribution in [0.2, 0.25) is 0 Å². The number of benzene rings is 1. The minimum atomic E-state index is -0.427. The Balaban J connectivity index is 1.73. The Morgan fingerprint density at radius 1 is 1.35 bits per heavy atom. The van der Waals surface area contributed by atoms with Gasteiger partial charge in [-0.3, -0.25) is 15.5 Å². The summed E-state index contributed by atoms with van der Waals surface area (Å²) in [4.78, 5) is 14.6. The number of hydrogen-bond acceptors (Lipinski definition) is 7. The average molecular weight is 328 g/mol. The molecule has 1 N–H and O–H groups in total. The zero-order valence-corrected chi connectivity index (χ0v) is 12.9. The van der Waals surface area contributed by atoms with Gasteiger partial charge in [0.15, 0.2) is 0 Å². The van der Waals surface area contributed by atoms with E-state index in [1.807, 2.05) is 18.4 Å². The Morgan fingerprint density at radius 3 is 2.78 bits per heavy atom. The number of thiazole rings is 1. The molecule has 116 valence electrons.